The van der Waals surface area contributed by atoms with E-state index in [0.717, 1.165) is 44.9 Å². The van der Waals surface area contributed by atoms with Crippen molar-refractivity contribution >= 4 is 5.97 Å². The lowest BCUT2D eigenvalue weighted by Gasteiger charge is -1.97. The Balaban J connectivity index is 3.25. The zero-order chi connectivity index (χ0) is 14.9. The Bertz CT molecular complexity index is 301. The van der Waals surface area contributed by atoms with Crippen LogP contribution in [0, 0.1) is 0 Å². The maximum absolute atomic E-state index is 10.3. The highest BCUT2D eigenvalue weighted by atomic mass is 16.4. The highest BCUT2D eigenvalue weighted by Gasteiger charge is 1.95. The lowest BCUT2D eigenvalue weighted by atomic mass is 10.1. The molecule has 0 aromatic rings. The van der Waals surface area contributed by atoms with E-state index in [0.29, 0.717) is 6.42 Å². The van der Waals surface area contributed by atoms with E-state index in [2.05, 4.69) is 43.4 Å². The van der Waals surface area contributed by atoms with E-state index in [1.54, 1.807) is 0 Å². The summed E-state index contributed by atoms with van der Waals surface area (Å²) in [5, 5.41) is 8.50. The van der Waals surface area contributed by atoms with Gasteiger partial charge in [0.2, 0.25) is 0 Å². The molecule has 0 aliphatic rings. The largest absolute Gasteiger partial charge is 0.481 e. The summed E-state index contributed by atoms with van der Waals surface area (Å²) in [6.07, 6.45) is 23.4. The summed E-state index contributed by atoms with van der Waals surface area (Å²) in [6, 6.07) is 0. The van der Waals surface area contributed by atoms with Crippen LogP contribution in [0.25, 0.3) is 0 Å². The van der Waals surface area contributed by atoms with E-state index in [1.165, 1.54) is 12.8 Å². The van der Waals surface area contributed by atoms with Crippen molar-refractivity contribution in [1.29, 1.82) is 0 Å². The monoisotopic (exact) mass is 278 g/mol. The van der Waals surface area contributed by atoms with Crippen LogP contribution in [-0.2, 0) is 4.79 Å². The minimum atomic E-state index is -0.676. The van der Waals surface area contributed by atoms with Gasteiger partial charge in [0.15, 0.2) is 0 Å². The average Bonchev–Trinajstić information content (AvgIpc) is 2.43. The molecule has 0 heterocycles. The third-order valence-corrected chi connectivity index (χ3v) is 3.05. The van der Waals surface area contributed by atoms with Gasteiger partial charge in [-0.1, -0.05) is 62.6 Å². The summed E-state index contributed by atoms with van der Waals surface area (Å²) in [5.74, 6) is -0.676. The molecule has 0 unspecified atom stereocenters. The number of carbonyl (C=O) groups is 1. The van der Waals surface area contributed by atoms with E-state index in [9.17, 15) is 4.79 Å². The Kier molecular flexibility index (Phi) is 14.7. The van der Waals surface area contributed by atoms with Crippen molar-refractivity contribution < 1.29 is 9.90 Å². The molecule has 0 aliphatic heterocycles. The predicted molar refractivity (Wildman–Crippen MR) is 86.9 cm³/mol. The van der Waals surface area contributed by atoms with Gasteiger partial charge in [0.1, 0.15) is 0 Å². The molecule has 0 saturated carbocycles. The molecule has 20 heavy (non-hydrogen) atoms. The van der Waals surface area contributed by atoms with Crippen LogP contribution in [0.3, 0.4) is 0 Å². The fourth-order valence-corrected chi connectivity index (χ4v) is 1.90. The molecule has 2 nitrogen and oxygen atoms in total. The van der Waals surface area contributed by atoms with Gasteiger partial charge in [0.05, 0.1) is 0 Å². The molecule has 0 aromatic heterocycles. The minimum Gasteiger partial charge on any atom is -0.481 e. The number of allylic oxidation sites excluding steroid dienone is 6. The predicted octanol–water partition coefficient (Wildman–Crippen LogP) is 5.66. The van der Waals surface area contributed by atoms with Crippen LogP contribution in [0.5, 0.6) is 0 Å². The summed E-state index contributed by atoms with van der Waals surface area (Å²) in [5.41, 5.74) is 0. The first-order valence-electron chi connectivity index (χ1n) is 7.95. The molecule has 114 valence electrons. The van der Waals surface area contributed by atoms with Crippen molar-refractivity contribution in [3.8, 4) is 0 Å². The van der Waals surface area contributed by atoms with Gasteiger partial charge in [0, 0.05) is 6.42 Å². The Morgan fingerprint density at radius 2 is 1.40 bits per heavy atom. The number of carboxylic acid groups (broad SMARTS) is 1. The van der Waals surface area contributed by atoms with Crippen LogP contribution in [-0.4, -0.2) is 11.1 Å². The van der Waals surface area contributed by atoms with Crippen molar-refractivity contribution in [2.75, 3.05) is 0 Å². The summed E-state index contributed by atoms with van der Waals surface area (Å²) in [4.78, 5) is 10.3. The number of aliphatic carboxylic acids is 1. The van der Waals surface area contributed by atoms with E-state index in [-0.39, 0.29) is 0 Å². The fraction of sp³-hybridized carbons (Fsp3) is 0.611. The van der Waals surface area contributed by atoms with Crippen LogP contribution < -0.4 is 0 Å². The number of rotatable bonds is 13. The highest BCUT2D eigenvalue weighted by Crippen LogP contribution is 2.07. The minimum absolute atomic E-state index is 0.318. The van der Waals surface area contributed by atoms with Gasteiger partial charge >= 0.3 is 5.97 Å². The first kappa shape index (κ1) is 18.7. The van der Waals surface area contributed by atoms with Gasteiger partial charge in [-0.05, 0) is 38.5 Å². The smallest absolute Gasteiger partial charge is 0.303 e. The summed E-state index contributed by atoms with van der Waals surface area (Å²) >= 11 is 0. The fourth-order valence-electron chi connectivity index (χ4n) is 1.90. The maximum Gasteiger partial charge on any atom is 0.303 e. The number of hydrogen-bond acceptors (Lipinski definition) is 1. The molecule has 1 N–H and O–H groups in total. The van der Waals surface area contributed by atoms with Gasteiger partial charge in [-0.2, -0.15) is 0 Å². The summed E-state index contributed by atoms with van der Waals surface area (Å²) in [6.45, 7) is 2.15. The molecule has 0 radical (unpaired) electrons. The third-order valence-electron chi connectivity index (χ3n) is 3.05. The number of hydrogen-bond donors (Lipinski definition) is 1. The number of carboxylic acids is 1. The maximum atomic E-state index is 10.3. The van der Waals surface area contributed by atoms with Crippen molar-refractivity contribution in [3.05, 3.63) is 36.5 Å². The molecule has 0 spiro atoms. The molecule has 0 aromatic carbocycles. The summed E-state index contributed by atoms with van der Waals surface area (Å²) < 4.78 is 0. The van der Waals surface area contributed by atoms with Crippen molar-refractivity contribution in [1.82, 2.24) is 0 Å². The Labute approximate surface area is 124 Å². The Morgan fingerprint density at radius 1 is 0.800 bits per heavy atom. The van der Waals surface area contributed by atoms with Crippen LogP contribution in [0.4, 0.5) is 0 Å². The zero-order valence-electron chi connectivity index (χ0n) is 12.9. The average molecular weight is 278 g/mol. The molecular formula is C18H30O2. The molecule has 0 bridgehead atoms. The molecule has 2 heteroatoms. The number of unbranched alkanes of at least 4 members (excludes halogenated alkanes) is 6. The molecule has 0 amide bonds. The van der Waals surface area contributed by atoms with Gasteiger partial charge in [-0.3, -0.25) is 4.79 Å². The molecule has 0 atom stereocenters. The quantitative estimate of drug-likeness (QED) is 0.268. The van der Waals surface area contributed by atoms with E-state index < -0.39 is 5.97 Å². The van der Waals surface area contributed by atoms with Gasteiger partial charge in [0.25, 0.3) is 0 Å². The van der Waals surface area contributed by atoms with E-state index in [1.807, 2.05) is 0 Å². The first-order valence-corrected chi connectivity index (χ1v) is 7.95. The second-order valence-corrected chi connectivity index (χ2v) is 5.01. The van der Waals surface area contributed by atoms with Crippen molar-refractivity contribution in [3.63, 3.8) is 0 Å². The molecule has 0 fully saturated rings. The van der Waals surface area contributed by atoms with Crippen LogP contribution >= 0.6 is 0 Å². The standard InChI is InChI=1S/C18H30O2/c1-2-3-4-5-6-7-8-9-10-11-12-13-14-15-16-17-18(19)20/h3-4,7-10H,2,5-6,11-17H2,1H3,(H,19,20)/b4-3-,8-7+,10-9-. The van der Waals surface area contributed by atoms with E-state index >= 15 is 0 Å². The second-order valence-electron chi connectivity index (χ2n) is 5.01. The highest BCUT2D eigenvalue weighted by molar-refractivity contribution is 5.66. The lowest BCUT2D eigenvalue weighted by Crippen LogP contribution is -1.93. The summed E-state index contributed by atoms with van der Waals surface area (Å²) in [7, 11) is 0. The van der Waals surface area contributed by atoms with Gasteiger partial charge < -0.3 is 5.11 Å². The second kappa shape index (κ2) is 15.7. The third kappa shape index (κ3) is 16.7. The van der Waals surface area contributed by atoms with Crippen molar-refractivity contribution in [2.24, 2.45) is 0 Å². The molecule has 0 aliphatic carbocycles. The topological polar surface area (TPSA) is 37.3 Å². The molecule has 0 rings (SSSR count). The normalized spacial score (nSPS) is 12.1. The SMILES string of the molecule is CC/C=C\CC/C=C/C=C\CCCCCCCC(=O)O. The van der Waals surface area contributed by atoms with Crippen LogP contribution in [0.2, 0.25) is 0 Å². The molecule has 0 saturated heterocycles. The van der Waals surface area contributed by atoms with Gasteiger partial charge in [-0.25, -0.2) is 0 Å². The Morgan fingerprint density at radius 3 is 2.10 bits per heavy atom. The van der Waals surface area contributed by atoms with Crippen LogP contribution in [0.15, 0.2) is 36.5 Å². The van der Waals surface area contributed by atoms with E-state index in [4.69, 9.17) is 5.11 Å². The lowest BCUT2D eigenvalue weighted by molar-refractivity contribution is -0.137. The van der Waals surface area contributed by atoms with Crippen molar-refractivity contribution in [2.45, 2.75) is 71.1 Å². The Hall–Kier alpha value is -1.31. The first-order chi connectivity index (χ1) is 9.77. The van der Waals surface area contributed by atoms with Gasteiger partial charge in [-0.15, -0.1) is 0 Å². The molecular weight excluding hydrogens is 248 g/mol. The zero-order valence-corrected chi connectivity index (χ0v) is 12.9. The van der Waals surface area contributed by atoms with Crippen LogP contribution in [0.1, 0.15) is 71.1 Å².